The lowest BCUT2D eigenvalue weighted by Gasteiger charge is -2.23. The summed E-state index contributed by atoms with van der Waals surface area (Å²) in [4.78, 5) is 27.9. The first kappa shape index (κ1) is 23.2. The maximum atomic E-state index is 15.5. The normalized spacial score (nSPS) is 17.9. The highest BCUT2D eigenvalue weighted by atomic mass is 31.0. The van der Waals surface area contributed by atoms with E-state index in [-0.39, 0.29) is 35.7 Å². The van der Waals surface area contributed by atoms with Gasteiger partial charge in [0.1, 0.15) is 17.1 Å². The Morgan fingerprint density at radius 1 is 1.17 bits per heavy atom. The lowest BCUT2D eigenvalue weighted by Crippen LogP contribution is -2.26. The van der Waals surface area contributed by atoms with Crippen LogP contribution < -0.4 is 10.2 Å². The third kappa shape index (κ3) is 4.46. The van der Waals surface area contributed by atoms with E-state index in [0.29, 0.717) is 34.7 Å². The summed E-state index contributed by atoms with van der Waals surface area (Å²) in [5, 5.41) is 8.38. The van der Waals surface area contributed by atoms with Crippen molar-refractivity contribution in [3.05, 3.63) is 60.2 Å². The van der Waals surface area contributed by atoms with E-state index in [9.17, 15) is 9.18 Å². The van der Waals surface area contributed by atoms with Crippen molar-refractivity contribution < 1.29 is 13.6 Å². The number of carbonyl (C=O) groups excluding carboxylic acids is 1. The number of rotatable bonds is 5. The summed E-state index contributed by atoms with van der Waals surface area (Å²) in [5.74, 6) is 0.145. The van der Waals surface area contributed by atoms with Crippen LogP contribution in [0.25, 0.3) is 22.0 Å². The molecule has 4 heterocycles. The fourth-order valence-electron chi connectivity index (χ4n) is 4.15. The van der Waals surface area contributed by atoms with Gasteiger partial charge in [0, 0.05) is 48.6 Å². The molecule has 0 bridgehead atoms. The van der Waals surface area contributed by atoms with E-state index in [2.05, 4.69) is 39.7 Å². The monoisotopic (exact) mass is 495 g/mol. The highest BCUT2D eigenvalue weighted by Crippen LogP contribution is 2.41. The minimum absolute atomic E-state index is 0.0758. The highest BCUT2D eigenvalue weighted by Gasteiger charge is 2.36. The number of halogens is 2. The quantitative estimate of drug-likeness (QED) is 0.390. The Bertz CT molecular complexity index is 1410. The number of hydrogen-bond donors (Lipinski definition) is 2. The van der Waals surface area contributed by atoms with E-state index in [0.717, 1.165) is 0 Å². The standard InChI is InChI=1S/C24H24F2N7OP/c1-13(2)21-28-9-14(10-29-21)23(34)31-20-16(15-3-4-18-17(19(15)25)11-30-32-18)5-7-27-22(20)33-8-6-24(26,35)12-33/h3-5,7,9-11,13H,6,8,12,35H2,1-2H3,(H,30,32)(H,31,34). The number of pyridine rings is 1. The molecule has 0 radical (unpaired) electrons. The van der Waals surface area contributed by atoms with Gasteiger partial charge in [-0.15, -0.1) is 0 Å². The molecular formula is C24H24F2N7OP. The Morgan fingerprint density at radius 2 is 1.94 bits per heavy atom. The zero-order chi connectivity index (χ0) is 24.7. The Morgan fingerprint density at radius 3 is 2.63 bits per heavy atom. The molecule has 0 aliphatic carbocycles. The number of nitrogens with one attached hydrogen (secondary N) is 2. The van der Waals surface area contributed by atoms with Crippen LogP contribution in [0, 0.1) is 5.82 Å². The molecule has 180 valence electrons. The van der Waals surface area contributed by atoms with Gasteiger partial charge >= 0.3 is 0 Å². The number of anilines is 2. The van der Waals surface area contributed by atoms with Crippen LogP contribution in [0.5, 0.6) is 0 Å². The Hall–Kier alpha value is -3.52. The minimum atomic E-state index is -1.47. The van der Waals surface area contributed by atoms with Crippen LogP contribution in [-0.2, 0) is 0 Å². The molecule has 11 heteroatoms. The topological polar surface area (TPSA) is 99.7 Å². The molecule has 8 nitrogen and oxygen atoms in total. The molecule has 1 fully saturated rings. The molecule has 2 unspecified atom stereocenters. The number of aromatic nitrogens is 5. The Kier molecular flexibility index (Phi) is 5.92. The molecule has 2 atom stereocenters. The molecule has 1 aliphatic heterocycles. The summed E-state index contributed by atoms with van der Waals surface area (Å²) < 4.78 is 30.1. The summed E-state index contributed by atoms with van der Waals surface area (Å²) in [6.07, 6.45) is 6.14. The van der Waals surface area contributed by atoms with Crippen molar-refractivity contribution in [2.24, 2.45) is 0 Å². The number of aromatic amines is 1. The van der Waals surface area contributed by atoms with Crippen LogP contribution in [-0.4, -0.2) is 49.6 Å². The molecule has 1 aliphatic rings. The van der Waals surface area contributed by atoms with Crippen LogP contribution >= 0.6 is 9.24 Å². The molecule has 3 aromatic heterocycles. The summed E-state index contributed by atoms with van der Waals surface area (Å²) in [6, 6.07) is 4.96. The first-order valence-electron chi connectivity index (χ1n) is 11.2. The number of H-pyrrole nitrogens is 1. The first-order valence-corrected chi connectivity index (χ1v) is 11.8. The van der Waals surface area contributed by atoms with Crippen molar-refractivity contribution >= 4 is 37.6 Å². The van der Waals surface area contributed by atoms with E-state index in [1.54, 1.807) is 23.1 Å². The van der Waals surface area contributed by atoms with Gasteiger partial charge in [-0.1, -0.05) is 23.1 Å². The lowest BCUT2D eigenvalue weighted by molar-refractivity contribution is 0.102. The van der Waals surface area contributed by atoms with Crippen molar-refractivity contribution in [3.63, 3.8) is 0 Å². The van der Waals surface area contributed by atoms with Gasteiger partial charge < -0.3 is 10.2 Å². The van der Waals surface area contributed by atoms with Gasteiger partial charge in [-0.25, -0.2) is 23.7 Å². The average molecular weight is 495 g/mol. The van der Waals surface area contributed by atoms with Gasteiger partial charge in [0.15, 0.2) is 5.82 Å². The molecule has 1 saturated heterocycles. The first-order chi connectivity index (χ1) is 16.7. The minimum Gasteiger partial charge on any atom is -0.351 e. The number of alkyl halides is 1. The lowest BCUT2D eigenvalue weighted by atomic mass is 10.0. The fraction of sp³-hybridized carbons (Fsp3) is 0.292. The largest absolute Gasteiger partial charge is 0.351 e. The van der Waals surface area contributed by atoms with Gasteiger partial charge in [0.05, 0.1) is 34.9 Å². The number of amides is 1. The van der Waals surface area contributed by atoms with Crippen molar-refractivity contribution in [3.8, 4) is 11.1 Å². The second-order valence-electron chi connectivity index (χ2n) is 8.96. The molecule has 0 spiro atoms. The highest BCUT2D eigenvalue weighted by molar-refractivity contribution is 7.18. The van der Waals surface area contributed by atoms with Crippen LogP contribution in [0.15, 0.2) is 43.0 Å². The maximum absolute atomic E-state index is 15.5. The third-order valence-corrected chi connectivity index (χ3v) is 6.49. The number of carbonyl (C=O) groups is 1. The fourth-order valence-corrected chi connectivity index (χ4v) is 4.49. The third-order valence-electron chi connectivity index (χ3n) is 6.02. The van der Waals surface area contributed by atoms with E-state index >= 15 is 4.39 Å². The summed E-state index contributed by atoms with van der Waals surface area (Å²) in [7, 11) is 2.23. The zero-order valence-electron chi connectivity index (χ0n) is 19.2. The summed E-state index contributed by atoms with van der Waals surface area (Å²) >= 11 is 0. The molecule has 1 aromatic carbocycles. The molecule has 2 N–H and O–H groups in total. The number of nitrogens with zero attached hydrogens (tertiary/aromatic N) is 5. The second-order valence-corrected chi connectivity index (χ2v) is 10.00. The van der Waals surface area contributed by atoms with Gasteiger partial charge in [-0.3, -0.25) is 9.89 Å². The van der Waals surface area contributed by atoms with Crippen LogP contribution in [0.3, 0.4) is 0 Å². The number of benzene rings is 1. The van der Waals surface area contributed by atoms with Gasteiger partial charge in [0.2, 0.25) is 0 Å². The molecular weight excluding hydrogens is 471 g/mol. The van der Waals surface area contributed by atoms with Crippen LogP contribution in [0.1, 0.15) is 42.4 Å². The zero-order valence-corrected chi connectivity index (χ0v) is 20.4. The van der Waals surface area contributed by atoms with Crippen molar-refractivity contribution in [2.45, 2.75) is 31.6 Å². The van der Waals surface area contributed by atoms with Crippen molar-refractivity contribution in [1.29, 1.82) is 0 Å². The van der Waals surface area contributed by atoms with Crippen LogP contribution in [0.4, 0.5) is 20.3 Å². The number of fused-ring (bicyclic) bond motifs is 1. The SMILES string of the molecule is CC(C)c1ncc(C(=O)Nc2c(-c3ccc4[nH]ncc4c3F)ccnc2N2CCC(F)(P)C2)cn1. The smallest absolute Gasteiger partial charge is 0.258 e. The summed E-state index contributed by atoms with van der Waals surface area (Å²) in [5.41, 5.74) is 1.77. The summed E-state index contributed by atoms with van der Waals surface area (Å²) in [6.45, 7) is 4.39. The van der Waals surface area contributed by atoms with E-state index in [4.69, 9.17) is 0 Å². The Labute approximate surface area is 202 Å². The van der Waals surface area contributed by atoms with E-state index < -0.39 is 17.1 Å². The van der Waals surface area contributed by atoms with E-state index in [1.165, 1.54) is 24.8 Å². The molecule has 0 saturated carbocycles. The van der Waals surface area contributed by atoms with Gasteiger partial charge in [-0.2, -0.15) is 5.10 Å². The number of hydrogen-bond acceptors (Lipinski definition) is 6. The second kappa shape index (κ2) is 8.92. The maximum Gasteiger partial charge on any atom is 0.258 e. The van der Waals surface area contributed by atoms with Gasteiger partial charge in [-0.05, 0) is 18.2 Å². The Balaban J connectivity index is 1.60. The average Bonchev–Trinajstić information content (AvgIpc) is 3.46. The van der Waals surface area contributed by atoms with Crippen molar-refractivity contribution in [1.82, 2.24) is 25.1 Å². The van der Waals surface area contributed by atoms with E-state index in [1.807, 2.05) is 13.8 Å². The molecule has 4 aromatic rings. The van der Waals surface area contributed by atoms with Gasteiger partial charge in [0.25, 0.3) is 5.91 Å². The molecule has 1 amide bonds. The molecule has 5 rings (SSSR count). The van der Waals surface area contributed by atoms with Crippen LogP contribution in [0.2, 0.25) is 0 Å². The van der Waals surface area contributed by atoms with Crippen molar-refractivity contribution in [2.75, 3.05) is 23.3 Å². The predicted molar refractivity (Wildman–Crippen MR) is 134 cm³/mol. The molecule has 35 heavy (non-hydrogen) atoms. The predicted octanol–water partition coefficient (Wildman–Crippen LogP) is 4.68.